The molecule has 4 unspecified atom stereocenters. The Labute approximate surface area is 103 Å². The van der Waals surface area contributed by atoms with Gasteiger partial charge < -0.3 is 20.1 Å². The van der Waals surface area contributed by atoms with E-state index in [1.165, 1.54) is 6.92 Å². The normalized spacial score (nSPS) is 31.0. The minimum atomic E-state index is -1.11. The van der Waals surface area contributed by atoms with Gasteiger partial charge in [-0.05, 0) is 0 Å². The number of carbonyl (C=O) groups is 3. The Balaban J connectivity index is 2.83. The molecule has 0 amide bonds. The number of aliphatic carboxylic acids is 2. The predicted octanol–water partition coefficient (Wildman–Crippen LogP) is -0.136. The van der Waals surface area contributed by atoms with Crippen molar-refractivity contribution in [3.05, 3.63) is 0 Å². The number of ether oxygens (including phenoxy) is 1. The van der Waals surface area contributed by atoms with Crippen LogP contribution in [-0.4, -0.2) is 45.4 Å². The fraction of sp³-hybridized carbons (Fsp3) is 0.727. The SMILES string of the molecule is CC(=O)OC1CC(O)C(CC(=O)O)C1CC(=O)O. The zero-order valence-electron chi connectivity index (χ0n) is 9.91. The molecule has 0 aliphatic heterocycles. The molecule has 0 aromatic rings. The molecule has 4 atom stereocenters. The van der Waals surface area contributed by atoms with E-state index < -0.39 is 42.0 Å². The number of carbonyl (C=O) groups excluding carboxylic acids is 1. The Morgan fingerprint density at radius 2 is 1.61 bits per heavy atom. The van der Waals surface area contributed by atoms with E-state index in [1.54, 1.807) is 0 Å². The molecule has 0 heterocycles. The van der Waals surface area contributed by atoms with E-state index in [9.17, 15) is 19.5 Å². The van der Waals surface area contributed by atoms with Gasteiger partial charge in [-0.3, -0.25) is 14.4 Å². The van der Waals surface area contributed by atoms with Gasteiger partial charge in [0.1, 0.15) is 6.10 Å². The second kappa shape index (κ2) is 5.81. The lowest BCUT2D eigenvalue weighted by Gasteiger charge is -2.22. The Hall–Kier alpha value is -1.63. The van der Waals surface area contributed by atoms with Crippen LogP contribution in [-0.2, 0) is 19.1 Å². The lowest BCUT2D eigenvalue weighted by molar-refractivity contribution is -0.152. The van der Waals surface area contributed by atoms with E-state index in [1.807, 2.05) is 0 Å². The van der Waals surface area contributed by atoms with Gasteiger partial charge in [0.2, 0.25) is 0 Å². The first-order chi connectivity index (χ1) is 8.31. The lowest BCUT2D eigenvalue weighted by atomic mass is 9.88. The summed E-state index contributed by atoms with van der Waals surface area (Å²) in [4.78, 5) is 32.3. The van der Waals surface area contributed by atoms with E-state index in [0.717, 1.165) is 0 Å². The maximum Gasteiger partial charge on any atom is 0.303 e. The Morgan fingerprint density at radius 1 is 1.11 bits per heavy atom. The Kier molecular flexibility index (Phi) is 4.66. The molecule has 0 bridgehead atoms. The highest BCUT2D eigenvalue weighted by atomic mass is 16.5. The maximum absolute atomic E-state index is 10.9. The van der Waals surface area contributed by atoms with E-state index >= 15 is 0 Å². The largest absolute Gasteiger partial charge is 0.481 e. The molecule has 0 spiro atoms. The maximum atomic E-state index is 10.9. The topological polar surface area (TPSA) is 121 Å². The molecule has 7 nitrogen and oxygen atoms in total. The highest BCUT2D eigenvalue weighted by molar-refractivity contribution is 5.70. The first-order valence-corrected chi connectivity index (χ1v) is 5.60. The van der Waals surface area contributed by atoms with Crippen molar-refractivity contribution in [3.8, 4) is 0 Å². The van der Waals surface area contributed by atoms with Crippen LogP contribution in [0.4, 0.5) is 0 Å². The zero-order chi connectivity index (χ0) is 13.9. The summed E-state index contributed by atoms with van der Waals surface area (Å²) < 4.78 is 4.95. The number of esters is 1. The van der Waals surface area contributed by atoms with E-state index in [2.05, 4.69) is 0 Å². The molecule has 102 valence electrons. The first kappa shape index (κ1) is 14.4. The predicted molar refractivity (Wildman–Crippen MR) is 57.7 cm³/mol. The van der Waals surface area contributed by atoms with E-state index in [0.29, 0.717) is 0 Å². The minimum absolute atomic E-state index is 0.0788. The standard InChI is InChI=1S/C11H16O7/c1-5(12)18-9-4-8(13)6(2-10(14)15)7(9)3-11(16)17/h6-9,13H,2-4H2,1H3,(H,14,15)(H,16,17). The van der Waals surface area contributed by atoms with Gasteiger partial charge in [0, 0.05) is 25.2 Å². The van der Waals surface area contributed by atoms with Crippen LogP contribution in [0, 0.1) is 11.8 Å². The van der Waals surface area contributed by atoms with Crippen molar-refractivity contribution in [3.63, 3.8) is 0 Å². The molecule has 3 N–H and O–H groups in total. The van der Waals surface area contributed by atoms with E-state index in [4.69, 9.17) is 14.9 Å². The molecular weight excluding hydrogens is 244 g/mol. The van der Waals surface area contributed by atoms with Gasteiger partial charge in [-0.25, -0.2) is 0 Å². The monoisotopic (exact) mass is 260 g/mol. The van der Waals surface area contributed by atoms with Crippen LogP contribution in [0.5, 0.6) is 0 Å². The van der Waals surface area contributed by atoms with Gasteiger partial charge in [-0.15, -0.1) is 0 Å². The number of rotatable bonds is 5. The lowest BCUT2D eigenvalue weighted by Crippen LogP contribution is -2.29. The van der Waals surface area contributed by atoms with Crippen LogP contribution in [0.1, 0.15) is 26.2 Å². The summed E-state index contributed by atoms with van der Waals surface area (Å²) in [5.41, 5.74) is 0. The van der Waals surface area contributed by atoms with Crippen molar-refractivity contribution >= 4 is 17.9 Å². The van der Waals surface area contributed by atoms with Crippen LogP contribution in [0.2, 0.25) is 0 Å². The third-order valence-electron chi connectivity index (χ3n) is 3.13. The fourth-order valence-electron chi connectivity index (χ4n) is 2.47. The summed E-state index contributed by atoms with van der Waals surface area (Å²) in [5, 5.41) is 27.3. The van der Waals surface area contributed by atoms with Gasteiger partial charge in [-0.1, -0.05) is 0 Å². The highest BCUT2D eigenvalue weighted by Crippen LogP contribution is 2.38. The summed E-state index contributed by atoms with van der Waals surface area (Å²) in [6.07, 6.45) is -2.29. The van der Waals surface area contributed by atoms with Crippen LogP contribution < -0.4 is 0 Å². The molecule has 1 rings (SSSR count). The van der Waals surface area contributed by atoms with Gasteiger partial charge in [-0.2, -0.15) is 0 Å². The van der Waals surface area contributed by atoms with Crippen molar-refractivity contribution in [2.24, 2.45) is 11.8 Å². The third-order valence-corrected chi connectivity index (χ3v) is 3.13. The number of hydrogen-bond donors (Lipinski definition) is 3. The second-order valence-corrected chi connectivity index (χ2v) is 4.47. The summed E-state index contributed by atoms with van der Waals surface area (Å²) in [5.74, 6) is -4.17. The van der Waals surface area contributed by atoms with Crippen molar-refractivity contribution < 1.29 is 34.4 Å². The minimum Gasteiger partial charge on any atom is -0.481 e. The molecule has 1 fully saturated rings. The average molecular weight is 260 g/mol. The summed E-state index contributed by atoms with van der Waals surface area (Å²) >= 11 is 0. The van der Waals surface area contributed by atoms with Crippen LogP contribution in [0.15, 0.2) is 0 Å². The smallest absolute Gasteiger partial charge is 0.303 e. The number of aliphatic hydroxyl groups is 1. The van der Waals surface area contributed by atoms with Gasteiger partial charge in [0.15, 0.2) is 0 Å². The highest BCUT2D eigenvalue weighted by Gasteiger charge is 2.46. The van der Waals surface area contributed by atoms with E-state index in [-0.39, 0.29) is 19.3 Å². The average Bonchev–Trinajstić information content (AvgIpc) is 2.43. The molecule has 1 aliphatic carbocycles. The van der Waals surface area contributed by atoms with Crippen molar-refractivity contribution in [1.29, 1.82) is 0 Å². The quantitative estimate of drug-likeness (QED) is 0.588. The summed E-state index contributed by atoms with van der Waals surface area (Å²) in [6, 6.07) is 0. The summed E-state index contributed by atoms with van der Waals surface area (Å²) in [7, 11) is 0. The Morgan fingerprint density at radius 3 is 2.06 bits per heavy atom. The van der Waals surface area contributed by atoms with Crippen molar-refractivity contribution in [2.75, 3.05) is 0 Å². The second-order valence-electron chi connectivity index (χ2n) is 4.47. The van der Waals surface area contributed by atoms with Crippen LogP contribution in [0.3, 0.4) is 0 Å². The number of aliphatic hydroxyl groups excluding tert-OH is 1. The molecule has 0 radical (unpaired) electrons. The molecule has 18 heavy (non-hydrogen) atoms. The number of carboxylic acids is 2. The Bertz CT molecular complexity index is 351. The van der Waals surface area contributed by atoms with Gasteiger partial charge >= 0.3 is 17.9 Å². The number of carboxylic acid groups (broad SMARTS) is 2. The third kappa shape index (κ3) is 3.69. The van der Waals surface area contributed by atoms with Gasteiger partial charge in [0.25, 0.3) is 0 Å². The molecule has 0 saturated heterocycles. The van der Waals surface area contributed by atoms with Gasteiger partial charge in [0.05, 0.1) is 18.9 Å². The zero-order valence-corrected chi connectivity index (χ0v) is 9.91. The molecule has 1 saturated carbocycles. The van der Waals surface area contributed by atoms with Crippen molar-refractivity contribution in [1.82, 2.24) is 0 Å². The number of hydrogen-bond acceptors (Lipinski definition) is 5. The molecule has 0 aromatic carbocycles. The fourth-order valence-corrected chi connectivity index (χ4v) is 2.47. The van der Waals surface area contributed by atoms with Crippen LogP contribution >= 0.6 is 0 Å². The molecule has 1 aliphatic rings. The van der Waals surface area contributed by atoms with Crippen LogP contribution in [0.25, 0.3) is 0 Å². The first-order valence-electron chi connectivity index (χ1n) is 5.60. The molecule has 7 heteroatoms. The molecular formula is C11H16O7. The van der Waals surface area contributed by atoms with Crippen molar-refractivity contribution in [2.45, 2.75) is 38.4 Å². The molecule has 0 aromatic heterocycles. The summed E-state index contributed by atoms with van der Waals surface area (Å²) in [6.45, 7) is 1.19.